The van der Waals surface area contributed by atoms with Gasteiger partial charge in [0, 0.05) is 24.5 Å². The number of aliphatic hydroxyl groups excluding tert-OH is 1. The first-order valence-corrected chi connectivity index (χ1v) is 8.81. The zero-order valence-corrected chi connectivity index (χ0v) is 13.4. The van der Waals surface area contributed by atoms with Gasteiger partial charge >= 0.3 is 0 Å². The topological polar surface area (TPSA) is 43.8 Å². The summed E-state index contributed by atoms with van der Waals surface area (Å²) in [5.41, 5.74) is 0. The number of thiophene rings is 1. The number of hydrogen-bond donors (Lipinski definition) is 1. The minimum absolute atomic E-state index is 0.0712. The molecular weight excluding hydrogens is 284 g/mol. The summed E-state index contributed by atoms with van der Waals surface area (Å²) in [6, 6.07) is 4.41. The third kappa shape index (κ3) is 3.15. The molecule has 1 N–H and O–H groups in total. The van der Waals surface area contributed by atoms with Crippen LogP contribution in [-0.2, 0) is 4.79 Å². The Bertz CT molecular complexity index is 469. The van der Waals surface area contributed by atoms with Crippen molar-refractivity contribution in [3.63, 3.8) is 0 Å². The van der Waals surface area contributed by atoms with E-state index in [-0.39, 0.29) is 24.1 Å². The molecule has 3 rings (SSSR count). The second kappa shape index (κ2) is 6.46. The van der Waals surface area contributed by atoms with Gasteiger partial charge in [0.05, 0.1) is 18.2 Å². The van der Waals surface area contributed by atoms with Crippen molar-refractivity contribution >= 4 is 17.2 Å². The van der Waals surface area contributed by atoms with E-state index in [1.165, 1.54) is 4.88 Å². The summed E-state index contributed by atoms with van der Waals surface area (Å²) < 4.78 is 0. The van der Waals surface area contributed by atoms with Crippen molar-refractivity contribution in [2.24, 2.45) is 0 Å². The van der Waals surface area contributed by atoms with Crippen LogP contribution in [-0.4, -0.2) is 52.6 Å². The van der Waals surface area contributed by atoms with Crippen LogP contribution in [0.1, 0.15) is 43.5 Å². The minimum Gasteiger partial charge on any atom is -0.393 e. The van der Waals surface area contributed by atoms with Gasteiger partial charge in [-0.05, 0) is 44.1 Å². The van der Waals surface area contributed by atoms with Crippen LogP contribution in [0, 0.1) is 0 Å². The van der Waals surface area contributed by atoms with Crippen molar-refractivity contribution < 1.29 is 9.90 Å². The van der Waals surface area contributed by atoms with Crippen LogP contribution in [0.4, 0.5) is 0 Å². The molecule has 3 heterocycles. The van der Waals surface area contributed by atoms with Crippen LogP contribution in [0.5, 0.6) is 0 Å². The van der Waals surface area contributed by atoms with E-state index in [0.29, 0.717) is 0 Å². The second-order valence-corrected chi connectivity index (χ2v) is 7.13. The van der Waals surface area contributed by atoms with Gasteiger partial charge in [-0.15, -0.1) is 11.3 Å². The molecule has 2 saturated heterocycles. The summed E-state index contributed by atoms with van der Waals surface area (Å²) in [5, 5.41) is 11.7. The maximum absolute atomic E-state index is 12.9. The Morgan fingerprint density at radius 2 is 2.10 bits per heavy atom. The fourth-order valence-corrected chi connectivity index (χ4v) is 4.35. The molecule has 2 unspecified atom stereocenters. The summed E-state index contributed by atoms with van der Waals surface area (Å²) in [6.45, 7) is 4.54. The lowest BCUT2D eigenvalue weighted by Gasteiger charge is -2.36. The Labute approximate surface area is 130 Å². The molecule has 4 nitrogen and oxygen atoms in total. The standard InChI is InChI=1S/C16H24N2O2S/c1-12(17-9-6-13(19)7-10-17)16(20)18-8-2-4-14(18)15-5-3-11-21-15/h3,5,11-14,19H,2,4,6-10H2,1H3. The van der Waals surface area contributed by atoms with E-state index in [2.05, 4.69) is 27.3 Å². The Kier molecular flexibility index (Phi) is 4.62. The van der Waals surface area contributed by atoms with Crippen molar-refractivity contribution in [1.29, 1.82) is 0 Å². The largest absolute Gasteiger partial charge is 0.393 e. The van der Waals surface area contributed by atoms with Crippen molar-refractivity contribution in [3.8, 4) is 0 Å². The SMILES string of the molecule is CC(C(=O)N1CCCC1c1cccs1)N1CCC(O)CC1. The highest BCUT2D eigenvalue weighted by Gasteiger charge is 2.35. The summed E-state index contributed by atoms with van der Waals surface area (Å²) in [4.78, 5) is 18.5. The number of amides is 1. The van der Waals surface area contributed by atoms with E-state index >= 15 is 0 Å². The van der Waals surface area contributed by atoms with Gasteiger partial charge in [0.1, 0.15) is 0 Å². The monoisotopic (exact) mass is 308 g/mol. The maximum atomic E-state index is 12.9. The first kappa shape index (κ1) is 15.0. The molecule has 0 aliphatic carbocycles. The Morgan fingerprint density at radius 3 is 2.76 bits per heavy atom. The summed E-state index contributed by atoms with van der Waals surface area (Å²) in [6.07, 6.45) is 3.56. The zero-order chi connectivity index (χ0) is 14.8. The molecule has 2 fully saturated rings. The highest BCUT2D eigenvalue weighted by Crippen LogP contribution is 2.35. The number of piperidine rings is 1. The van der Waals surface area contributed by atoms with Crippen molar-refractivity contribution in [1.82, 2.24) is 9.80 Å². The van der Waals surface area contributed by atoms with Crippen LogP contribution < -0.4 is 0 Å². The number of carbonyl (C=O) groups is 1. The molecule has 2 aliphatic heterocycles. The molecule has 116 valence electrons. The molecule has 21 heavy (non-hydrogen) atoms. The van der Waals surface area contributed by atoms with Gasteiger partial charge in [0.15, 0.2) is 0 Å². The predicted octanol–water partition coefficient (Wildman–Crippen LogP) is 2.26. The van der Waals surface area contributed by atoms with Gasteiger partial charge in [-0.1, -0.05) is 6.07 Å². The van der Waals surface area contributed by atoms with Gasteiger partial charge in [0.2, 0.25) is 5.91 Å². The van der Waals surface area contributed by atoms with Gasteiger partial charge in [-0.25, -0.2) is 0 Å². The van der Waals surface area contributed by atoms with Crippen LogP contribution in [0.2, 0.25) is 0 Å². The highest BCUT2D eigenvalue weighted by molar-refractivity contribution is 7.10. The fourth-order valence-electron chi connectivity index (χ4n) is 3.48. The summed E-state index contributed by atoms with van der Waals surface area (Å²) in [5.74, 6) is 0.252. The Hall–Kier alpha value is -0.910. The lowest BCUT2D eigenvalue weighted by molar-refractivity contribution is -0.138. The summed E-state index contributed by atoms with van der Waals surface area (Å²) in [7, 11) is 0. The number of carbonyl (C=O) groups excluding carboxylic acids is 1. The predicted molar refractivity (Wildman–Crippen MR) is 84.3 cm³/mol. The molecule has 2 atom stereocenters. The van der Waals surface area contributed by atoms with Gasteiger partial charge < -0.3 is 10.0 Å². The molecule has 0 bridgehead atoms. The number of likely N-dealkylation sites (tertiary alicyclic amines) is 2. The first-order chi connectivity index (χ1) is 10.2. The van der Waals surface area contributed by atoms with E-state index in [0.717, 1.165) is 45.3 Å². The van der Waals surface area contributed by atoms with Crippen LogP contribution in [0.25, 0.3) is 0 Å². The number of rotatable bonds is 3. The molecule has 1 amide bonds. The van der Waals surface area contributed by atoms with E-state index in [1.54, 1.807) is 11.3 Å². The lowest BCUT2D eigenvalue weighted by Crippen LogP contribution is -2.50. The maximum Gasteiger partial charge on any atom is 0.240 e. The highest BCUT2D eigenvalue weighted by atomic mass is 32.1. The minimum atomic E-state index is -0.186. The van der Waals surface area contributed by atoms with E-state index in [4.69, 9.17) is 0 Å². The lowest BCUT2D eigenvalue weighted by atomic mass is 10.1. The molecule has 0 spiro atoms. The van der Waals surface area contributed by atoms with Crippen molar-refractivity contribution in [2.45, 2.75) is 50.8 Å². The van der Waals surface area contributed by atoms with Crippen LogP contribution in [0.15, 0.2) is 17.5 Å². The average Bonchev–Trinajstić information content (AvgIpc) is 3.17. The fraction of sp³-hybridized carbons (Fsp3) is 0.688. The van der Waals surface area contributed by atoms with Gasteiger partial charge in [-0.2, -0.15) is 0 Å². The molecule has 1 aromatic rings. The molecule has 5 heteroatoms. The molecule has 0 saturated carbocycles. The third-order valence-corrected chi connectivity index (χ3v) is 5.79. The molecular formula is C16H24N2O2S. The second-order valence-electron chi connectivity index (χ2n) is 6.15. The summed E-state index contributed by atoms with van der Waals surface area (Å²) >= 11 is 1.75. The van der Waals surface area contributed by atoms with Gasteiger partial charge in [0.25, 0.3) is 0 Å². The molecule has 2 aliphatic rings. The van der Waals surface area contributed by atoms with Crippen molar-refractivity contribution in [3.05, 3.63) is 22.4 Å². The van der Waals surface area contributed by atoms with E-state index < -0.39 is 0 Å². The first-order valence-electron chi connectivity index (χ1n) is 7.93. The normalized spacial score (nSPS) is 26.2. The average molecular weight is 308 g/mol. The quantitative estimate of drug-likeness (QED) is 0.931. The molecule has 0 radical (unpaired) electrons. The van der Waals surface area contributed by atoms with Crippen LogP contribution >= 0.6 is 11.3 Å². The van der Waals surface area contributed by atoms with Gasteiger partial charge in [-0.3, -0.25) is 9.69 Å². The third-order valence-electron chi connectivity index (χ3n) is 4.81. The van der Waals surface area contributed by atoms with E-state index in [9.17, 15) is 9.90 Å². The number of hydrogen-bond acceptors (Lipinski definition) is 4. The smallest absolute Gasteiger partial charge is 0.240 e. The number of nitrogens with zero attached hydrogens (tertiary/aromatic N) is 2. The Balaban J connectivity index is 1.66. The Morgan fingerprint density at radius 1 is 1.33 bits per heavy atom. The van der Waals surface area contributed by atoms with E-state index in [1.807, 2.05) is 6.92 Å². The molecule has 1 aromatic heterocycles. The van der Waals surface area contributed by atoms with Crippen molar-refractivity contribution in [2.75, 3.05) is 19.6 Å². The zero-order valence-electron chi connectivity index (χ0n) is 12.6. The number of aliphatic hydroxyl groups is 1. The van der Waals surface area contributed by atoms with Crippen LogP contribution in [0.3, 0.4) is 0 Å². The molecule has 0 aromatic carbocycles.